The molecule has 0 aliphatic heterocycles. The Morgan fingerprint density at radius 3 is 2.50 bits per heavy atom. The number of benzene rings is 2. The van der Waals surface area contributed by atoms with Crippen molar-refractivity contribution in [1.29, 1.82) is 0 Å². The first-order valence-electron chi connectivity index (χ1n) is 6.93. The van der Waals surface area contributed by atoms with Crippen LogP contribution in [0.4, 0.5) is 0 Å². The van der Waals surface area contributed by atoms with Gasteiger partial charge in [-0.15, -0.1) is 0 Å². The molecular weight excluding hydrogens is 378 g/mol. The summed E-state index contributed by atoms with van der Waals surface area (Å²) in [5, 5.41) is 3.76. The standard InChI is InChI=1S/C17H17Br2N/c1-11(12-2-5-14(18)6-3-12)20-17-9-4-13-10-15(19)7-8-16(13)17/h2-3,5-8,10-11,17,20H,4,9H2,1H3. The smallest absolute Gasteiger partial charge is 0.0331 e. The number of fused-ring (bicyclic) bond motifs is 1. The van der Waals surface area contributed by atoms with Gasteiger partial charge in [-0.05, 0) is 60.7 Å². The van der Waals surface area contributed by atoms with Gasteiger partial charge >= 0.3 is 0 Å². The highest BCUT2D eigenvalue weighted by atomic mass is 79.9. The van der Waals surface area contributed by atoms with Crippen LogP contribution < -0.4 is 5.32 Å². The SMILES string of the molecule is CC(NC1CCc2cc(Br)ccc21)c1ccc(Br)cc1. The molecule has 0 radical (unpaired) electrons. The summed E-state index contributed by atoms with van der Waals surface area (Å²) < 4.78 is 2.31. The van der Waals surface area contributed by atoms with Crippen molar-refractivity contribution >= 4 is 31.9 Å². The van der Waals surface area contributed by atoms with Gasteiger partial charge in [-0.1, -0.05) is 50.1 Å². The molecule has 0 saturated heterocycles. The van der Waals surface area contributed by atoms with Crippen molar-refractivity contribution in [3.8, 4) is 0 Å². The zero-order valence-electron chi connectivity index (χ0n) is 11.4. The first-order chi connectivity index (χ1) is 9.63. The van der Waals surface area contributed by atoms with E-state index in [1.54, 1.807) is 0 Å². The third kappa shape index (κ3) is 3.00. The molecule has 1 N–H and O–H groups in total. The minimum absolute atomic E-state index is 0.364. The lowest BCUT2D eigenvalue weighted by Crippen LogP contribution is -2.22. The molecule has 0 saturated carbocycles. The Morgan fingerprint density at radius 2 is 1.75 bits per heavy atom. The number of hydrogen-bond acceptors (Lipinski definition) is 1. The van der Waals surface area contributed by atoms with Gasteiger partial charge in [-0.2, -0.15) is 0 Å². The second-order valence-corrected chi connectivity index (χ2v) is 7.21. The molecule has 3 rings (SSSR count). The first kappa shape index (κ1) is 14.3. The largest absolute Gasteiger partial charge is 0.303 e. The predicted molar refractivity (Wildman–Crippen MR) is 90.9 cm³/mol. The minimum atomic E-state index is 0.364. The normalized spacial score (nSPS) is 18.9. The third-order valence-corrected chi connectivity index (χ3v) is 5.03. The maximum atomic E-state index is 3.76. The number of halogens is 2. The van der Waals surface area contributed by atoms with Crippen LogP contribution in [0.2, 0.25) is 0 Å². The van der Waals surface area contributed by atoms with Crippen LogP contribution in [-0.4, -0.2) is 0 Å². The van der Waals surface area contributed by atoms with Crippen molar-refractivity contribution in [3.05, 3.63) is 68.1 Å². The van der Waals surface area contributed by atoms with E-state index in [0.29, 0.717) is 12.1 Å². The number of aryl methyl sites for hydroxylation is 1. The van der Waals surface area contributed by atoms with Gasteiger partial charge in [-0.3, -0.25) is 0 Å². The molecule has 0 amide bonds. The lowest BCUT2D eigenvalue weighted by atomic mass is 10.0. The van der Waals surface area contributed by atoms with Crippen molar-refractivity contribution in [2.45, 2.75) is 31.8 Å². The quantitative estimate of drug-likeness (QED) is 0.719. The molecule has 2 unspecified atom stereocenters. The van der Waals surface area contributed by atoms with Crippen LogP contribution in [0.15, 0.2) is 51.4 Å². The van der Waals surface area contributed by atoms with E-state index in [2.05, 4.69) is 86.6 Å². The second kappa shape index (κ2) is 6.00. The molecule has 2 aromatic rings. The molecule has 3 heteroatoms. The summed E-state index contributed by atoms with van der Waals surface area (Å²) in [6.07, 6.45) is 2.35. The van der Waals surface area contributed by atoms with Gasteiger partial charge in [0, 0.05) is 21.0 Å². The Morgan fingerprint density at radius 1 is 1.05 bits per heavy atom. The van der Waals surface area contributed by atoms with Crippen molar-refractivity contribution in [2.75, 3.05) is 0 Å². The Hall–Kier alpha value is -0.640. The minimum Gasteiger partial charge on any atom is -0.303 e. The van der Waals surface area contributed by atoms with Crippen LogP contribution in [-0.2, 0) is 6.42 Å². The highest BCUT2D eigenvalue weighted by Crippen LogP contribution is 2.34. The fourth-order valence-corrected chi connectivity index (χ4v) is 3.58. The summed E-state index contributed by atoms with van der Waals surface area (Å²) >= 11 is 7.04. The molecule has 0 fully saturated rings. The van der Waals surface area contributed by atoms with Crippen molar-refractivity contribution in [2.24, 2.45) is 0 Å². The van der Waals surface area contributed by atoms with Crippen LogP contribution >= 0.6 is 31.9 Å². The van der Waals surface area contributed by atoms with Gasteiger partial charge in [0.15, 0.2) is 0 Å². The first-order valence-corrected chi connectivity index (χ1v) is 8.52. The highest BCUT2D eigenvalue weighted by molar-refractivity contribution is 9.10. The lowest BCUT2D eigenvalue weighted by molar-refractivity contribution is 0.465. The van der Waals surface area contributed by atoms with E-state index in [9.17, 15) is 0 Å². The van der Waals surface area contributed by atoms with Crippen LogP contribution in [0.5, 0.6) is 0 Å². The highest BCUT2D eigenvalue weighted by Gasteiger charge is 2.23. The molecule has 1 aliphatic rings. The molecule has 1 nitrogen and oxygen atoms in total. The third-order valence-electron chi connectivity index (χ3n) is 4.00. The fraction of sp³-hybridized carbons (Fsp3) is 0.294. The maximum absolute atomic E-state index is 3.76. The Labute approximate surface area is 137 Å². The summed E-state index contributed by atoms with van der Waals surface area (Å²) in [6, 6.07) is 16.0. The Bertz CT molecular complexity index is 607. The van der Waals surface area contributed by atoms with Crippen molar-refractivity contribution in [1.82, 2.24) is 5.32 Å². The molecule has 2 aromatic carbocycles. The number of nitrogens with one attached hydrogen (secondary N) is 1. The molecule has 104 valence electrons. The predicted octanol–water partition coefficient (Wildman–Crippen LogP) is 5.55. The van der Waals surface area contributed by atoms with Gasteiger partial charge in [-0.25, -0.2) is 0 Å². The Kier molecular flexibility index (Phi) is 4.29. The Balaban J connectivity index is 1.75. The van der Waals surface area contributed by atoms with E-state index in [4.69, 9.17) is 0 Å². The van der Waals surface area contributed by atoms with Gasteiger partial charge in [0.2, 0.25) is 0 Å². The molecular formula is C17H17Br2N. The zero-order valence-corrected chi connectivity index (χ0v) is 14.5. The maximum Gasteiger partial charge on any atom is 0.0331 e. The summed E-state index contributed by atoms with van der Waals surface area (Å²) in [6.45, 7) is 2.24. The summed E-state index contributed by atoms with van der Waals surface area (Å²) in [4.78, 5) is 0. The van der Waals surface area contributed by atoms with Crippen molar-refractivity contribution in [3.63, 3.8) is 0 Å². The van der Waals surface area contributed by atoms with Gasteiger partial charge in [0.25, 0.3) is 0 Å². The molecule has 0 spiro atoms. The van der Waals surface area contributed by atoms with Gasteiger partial charge in [0.1, 0.15) is 0 Å². The topological polar surface area (TPSA) is 12.0 Å². The fourth-order valence-electron chi connectivity index (χ4n) is 2.91. The average Bonchev–Trinajstić information content (AvgIpc) is 2.81. The van der Waals surface area contributed by atoms with E-state index in [0.717, 1.165) is 4.47 Å². The van der Waals surface area contributed by atoms with Crippen LogP contribution in [0, 0.1) is 0 Å². The monoisotopic (exact) mass is 393 g/mol. The van der Waals surface area contributed by atoms with Crippen LogP contribution in [0.25, 0.3) is 0 Å². The number of hydrogen-bond donors (Lipinski definition) is 1. The van der Waals surface area contributed by atoms with Gasteiger partial charge in [0.05, 0.1) is 0 Å². The van der Waals surface area contributed by atoms with E-state index in [1.807, 2.05) is 0 Å². The van der Waals surface area contributed by atoms with E-state index < -0.39 is 0 Å². The molecule has 0 bridgehead atoms. The van der Waals surface area contributed by atoms with Crippen LogP contribution in [0.1, 0.15) is 42.1 Å². The molecule has 1 aliphatic carbocycles. The zero-order chi connectivity index (χ0) is 14.1. The average molecular weight is 395 g/mol. The van der Waals surface area contributed by atoms with Gasteiger partial charge < -0.3 is 5.32 Å². The molecule has 20 heavy (non-hydrogen) atoms. The van der Waals surface area contributed by atoms with E-state index in [1.165, 1.54) is 34.0 Å². The van der Waals surface area contributed by atoms with Crippen LogP contribution in [0.3, 0.4) is 0 Å². The second-order valence-electron chi connectivity index (χ2n) is 5.37. The molecule has 0 aromatic heterocycles. The van der Waals surface area contributed by atoms with Crippen molar-refractivity contribution < 1.29 is 0 Å². The summed E-state index contributed by atoms with van der Waals surface area (Å²) in [7, 11) is 0. The lowest BCUT2D eigenvalue weighted by Gasteiger charge is -2.21. The summed E-state index contributed by atoms with van der Waals surface area (Å²) in [5.74, 6) is 0. The van der Waals surface area contributed by atoms with E-state index >= 15 is 0 Å². The number of rotatable bonds is 3. The summed E-state index contributed by atoms with van der Waals surface area (Å²) in [5.41, 5.74) is 4.26. The van der Waals surface area contributed by atoms with E-state index in [-0.39, 0.29) is 0 Å². The molecule has 0 heterocycles. The molecule has 2 atom stereocenters.